The lowest BCUT2D eigenvalue weighted by Crippen LogP contribution is -2.34. The largest absolute Gasteiger partial charge is 0.440 e. The maximum Gasteiger partial charge on any atom is 0.440 e. The number of carbonyl (C=O) groups is 1. The highest BCUT2D eigenvalue weighted by Crippen LogP contribution is 2.13. The van der Waals surface area contributed by atoms with Crippen LogP contribution in [0, 0.1) is 10.5 Å². The zero-order chi connectivity index (χ0) is 13.1. The molecule has 0 bridgehead atoms. The van der Waals surface area contributed by atoms with Crippen LogP contribution in [0.4, 0.5) is 10.5 Å². The van der Waals surface area contributed by atoms with E-state index in [1.807, 2.05) is 31.2 Å². The van der Waals surface area contributed by atoms with E-state index in [-0.39, 0.29) is 0 Å². The summed E-state index contributed by atoms with van der Waals surface area (Å²) in [6.45, 7) is 1.99. The average Bonchev–Trinajstić information content (AvgIpc) is 2.75. The van der Waals surface area contributed by atoms with Crippen LogP contribution in [0.2, 0.25) is 0 Å². The van der Waals surface area contributed by atoms with Gasteiger partial charge < -0.3 is 0 Å². The van der Waals surface area contributed by atoms with Crippen LogP contribution in [0.15, 0.2) is 36.7 Å². The second kappa shape index (κ2) is 5.38. The molecule has 0 saturated heterocycles. The second-order valence-electron chi connectivity index (χ2n) is 3.81. The third kappa shape index (κ3) is 3.00. The van der Waals surface area contributed by atoms with Gasteiger partial charge in [0.05, 0.1) is 16.0 Å². The third-order valence-corrected chi connectivity index (χ3v) is 2.95. The van der Waals surface area contributed by atoms with E-state index in [0.29, 0.717) is 0 Å². The molecule has 0 radical (unpaired) electrons. The predicted octanol–water partition coefficient (Wildman–Crippen LogP) is 2.48. The van der Waals surface area contributed by atoms with Crippen molar-refractivity contribution in [3.63, 3.8) is 0 Å². The molecule has 0 spiro atoms. The molecule has 18 heavy (non-hydrogen) atoms. The molecule has 0 N–H and O–H groups in total. The molecular weight excluding hydrogens is 345 g/mol. The first-order chi connectivity index (χ1) is 8.56. The van der Waals surface area contributed by atoms with Crippen molar-refractivity contribution in [3.8, 4) is 0 Å². The highest BCUT2D eigenvalue weighted by Gasteiger charge is 2.13. The maximum atomic E-state index is 11.8. The summed E-state index contributed by atoms with van der Waals surface area (Å²) in [6.07, 6.45) is 2.75. The van der Waals surface area contributed by atoms with Gasteiger partial charge in [-0.05, 0) is 41.6 Å². The Balaban J connectivity index is 2.07. The number of amides is 1. The van der Waals surface area contributed by atoms with E-state index in [4.69, 9.17) is 4.84 Å². The Hall–Kier alpha value is -1.57. The first-order valence-electron chi connectivity index (χ1n) is 5.29. The Bertz CT molecular complexity index is 551. The van der Waals surface area contributed by atoms with Gasteiger partial charge in [-0.2, -0.15) is 0 Å². The fourth-order valence-corrected chi connectivity index (χ4v) is 1.71. The van der Waals surface area contributed by atoms with Crippen molar-refractivity contribution in [1.82, 2.24) is 9.94 Å². The SMILES string of the molecule is Cc1ccc(N(C)C(=O)On2cc(I)cn2)cc1. The summed E-state index contributed by atoms with van der Waals surface area (Å²) in [7, 11) is 1.65. The average molecular weight is 357 g/mol. The van der Waals surface area contributed by atoms with Crippen LogP contribution in [0.5, 0.6) is 0 Å². The summed E-state index contributed by atoms with van der Waals surface area (Å²) in [5, 5.41) is 3.89. The summed E-state index contributed by atoms with van der Waals surface area (Å²) in [4.78, 5) is 19.5. The fourth-order valence-electron chi connectivity index (χ4n) is 1.35. The number of hydrogen-bond acceptors (Lipinski definition) is 3. The van der Waals surface area contributed by atoms with Crippen LogP contribution in [0.25, 0.3) is 0 Å². The highest BCUT2D eigenvalue weighted by atomic mass is 127. The van der Waals surface area contributed by atoms with Crippen molar-refractivity contribution in [2.75, 3.05) is 11.9 Å². The zero-order valence-electron chi connectivity index (χ0n) is 10.0. The zero-order valence-corrected chi connectivity index (χ0v) is 12.2. The van der Waals surface area contributed by atoms with Gasteiger partial charge in [0.2, 0.25) is 0 Å². The van der Waals surface area contributed by atoms with Crippen LogP contribution in [0.1, 0.15) is 5.56 Å². The summed E-state index contributed by atoms with van der Waals surface area (Å²) >= 11 is 2.09. The molecule has 0 unspecified atom stereocenters. The Morgan fingerprint density at radius 2 is 2.06 bits per heavy atom. The van der Waals surface area contributed by atoms with Gasteiger partial charge in [-0.3, -0.25) is 9.74 Å². The minimum atomic E-state index is -0.488. The number of aryl methyl sites for hydroxylation is 1. The number of benzene rings is 1. The quantitative estimate of drug-likeness (QED) is 0.776. The van der Waals surface area contributed by atoms with Gasteiger partial charge in [-0.25, -0.2) is 4.79 Å². The van der Waals surface area contributed by atoms with Crippen molar-refractivity contribution >= 4 is 34.4 Å². The number of nitrogens with zero attached hydrogens (tertiary/aromatic N) is 3. The molecule has 0 atom stereocenters. The minimum absolute atomic E-state index is 0.488. The van der Waals surface area contributed by atoms with Gasteiger partial charge in [-0.1, -0.05) is 22.5 Å². The third-order valence-electron chi connectivity index (χ3n) is 2.40. The van der Waals surface area contributed by atoms with Gasteiger partial charge in [0.25, 0.3) is 0 Å². The standard InChI is InChI=1S/C12H12IN3O2/c1-9-3-5-11(6-4-9)15(2)12(17)18-16-8-10(13)7-14-16/h3-8H,1-2H3. The maximum absolute atomic E-state index is 11.8. The molecule has 6 heteroatoms. The molecule has 94 valence electrons. The van der Waals surface area contributed by atoms with Gasteiger partial charge in [-0.15, -0.1) is 5.10 Å². The first kappa shape index (κ1) is 12.9. The lowest BCUT2D eigenvalue weighted by atomic mass is 10.2. The molecule has 5 nitrogen and oxygen atoms in total. The molecule has 0 fully saturated rings. The molecule has 1 heterocycles. The van der Waals surface area contributed by atoms with E-state index in [1.165, 1.54) is 4.90 Å². The summed E-state index contributed by atoms with van der Waals surface area (Å²) < 4.78 is 0.901. The van der Waals surface area contributed by atoms with Crippen LogP contribution >= 0.6 is 22.6 Å². The molecule has 2 aromatic rings. The number of hydrogen-bond donors (Lipinski definition) is 0. The van der Waals surface area contributed by atoms with E-state index in [9.17, 15) is 4.79 Å². The van der Waals surface area contributed by atoms with E-state index < -0.39 is 6.09 Å². The molecule has 0 aliphatic rings. The van der Waals surface area contributed by atoms with Crippen LogP contribution in [-0.2, 0) is 0 Å². The number of carbonyl (C=O) groups excluding carboxylic acids is 1. The lowest BCUT2D eigenvalue weighted by molar-refractivity contribution is 0.124. The van der Waals surface area contributed by atoms with E-state index in [0.717, 1.165) is 19.7 Å². The molecule has 0 aliphatic carbocycles. The predicted molar refractivity (Wildman–Crippen MR) is 76.5 cm³/mol. The van der Waals surface area contributed by atoms with Gasteiger partial charge in [0.15, 0.2) is 0 Å². The fraction of sp³-hybridized carbons (Fsp3) is 0.167. The van der Waals surface area contributed by atoms with Gasteiger partial charge in [0, 0.05) is 12.7 Å². The summed E-state index contributed by atoms with van der Waals surface area (Å²) in [5.41, 5.74) is 1.91. The molecule has 1 aromatic heterocycles. The highest BCUT2D eigenvalue weighted by molar-refractivity contribution is 14.1. The number of anilines is 1. The van der Waals surface area contributed by atoms with E-state index >= 15 is 0 Å². The molecule has 1 amide bonds. The lowest BCUT2D eigenvalue weighted by Gasteiger charge is -2.16. The topological polar surface area (TPSA) is 47.4 Å². The van der Waals surface area contributed by atoms with E-state index in [1.54, 1.807) is 19.4 Å². The molecular formula is C12H12IN3O2. The van der Waals surface area contributed by atoms with Gasteiger partial charge >= 0.3 is 6.09 Å². The van der Waals surface area contributed by atoms with Crippen molar-refractivity contribution in [3.05, 3.63) is 45.8 Å². The van der Waals surface area contributed by atoms with Crippen LogP contribution < -0.4 is 9.74 Å². The monoisotopic (exact) mass is 357 g/mol. The van der Waals surface area contributed by atoms with Crippen LogP contribution in [0.3, 0.4) is 0 Å². The Kier molecular flexibility index (Phi) is 3.85. The Morgan fingerprint density at radius 1 is 1.39 bits per heavy atom. The molecule has 1 aromatic carbocycles. The van der Waals surface area contributed by atoms with Crippen LogP contribution in [-0.4, -0.2) is 23.1 Å². The normalized spacial score (nSPS) is 10.2. The molecule has 2 rings (SSSR count). The van der Waals surface area contributed by atoms with E-state index in [2.05, 4.69) is 27.7 Å². The van der Waals surface area contributed by atoms with Crippen molar-refractivity contribution in [1.29, 1.82) is 0 Å². The molecule has 0 saturated carbocycles. The summed E-state index contributed by atoms with van der Waals surface area (Å²) in [6, 6.07) is 7.61. The van der Waals surface area contributed by atoms with Crippen molar-refractivity contribution in [2.45, 2.75) is 6.92 Å². The van der Waals surface area contributed by atoms with Gasteiger partial charge in [0.1, 0.15) is 0 Å². The Labute approximate surface area is 118 Å². The number of aromatic nitrogens is 2. The minimum Gasteiger partial charge on any atom is -0.299 e. The second-order valence-corrected chi connectivity index (χ2v) is 5.06. The molecule has 0 aliphatic heterocycles. The summed E-state index contributed by atoms with van der Waals surface area (Å²) in [5.74, 6) is 0. The van der Waals surface area contributed by atoms with Crippen molar-refractivity contribution < 1.29 is 9.63 Å². The number of halogens is 1. The smallest absolute Gasteiger partial charge is 0.299 e. The Morgan fingerprint density at radius 3 is 2.61 bits per heavy atom. The van der Waals surface area contributed by atoms with Crippen molar-refractivity contribution in [2.24, 2.45) is 0 Å². The first-order valence-corrected chi connectivity index (χ1v) is 6.37. The number of rotatable bonds is 2.